The Balaban J connectivity index is 1.76. The number of benzene rings is 1. The van der Waals surface area contributed by atoms with Crippen molar-refractivity contribution >= 4 is 5.91 Å². The van der Waals surface area contributed by atoms with E-state index in [1.54, 1.807) is 29.0 Å². The molecule has 0 bridgehead atoms. The van der Waals surface area contributed by atoms with Crippen LogP contribution in [0.4, 0.5) is 0 Å². The van der Waals surface area contributed by atoms with Crippen molar-refractivity contribution in [2.45, 2.75) is 18.9 Å². The number of likely N-dealkylation sites (tertiary alicyclic amines) is 1. The smallest absolute Gasteiger partial charge is 0.274 e. The Bertz CT molecular complexity index is 650. The Labute approximate surface area is 129 Å². The molecule has 1 aliphatic rings. The second-order valence-electron chi connectivity index (χ2n) is 5.50. The molecule has 6 heteroatoms. The summed E-state index contributed by atoms with van der Waals surface area (Å²) in [7, 11) is 1.63. The van der Waals surface area contributed by atoms with Gasteiger partial charge in [0.1, 0.15) is 5.75 Å². The fourth-order valence-electron chi connectivity index (χ4n) is 2.67. The van der Waals surface area contributed by atoms with Gasteiger partial charge in [-0.15, -0.1) is 0 Å². The standard InChI is InChI=1S/C16H20N4O2/c1-22-14-6-4-13(5-7-14)20-10-8-15(18-20)16(21)19-9-2-3-12(17)11-19/h4-8,10,12H,2-3,9,11,17H2,1H3/t12-/m0/s1. The number of rotatable bonds is 3. The van der Waals surface area contributed by atoms with Crippen molar-refractivity contribution in [2.24, 2.45) is 5.73 Å². The van der Waals surface area contributed by atoms with Crippen molar-refractivity contribution in [3.8, 4) is 11.4 Å². The molecule has 0 aliphatic carbocycles. The molecule has 22 heavy (non-hydrogen) atoms. The minimum absolute atomic E-state index is 0.0533. The molecule has 1 amide bonds. The zero-order valence-electron chi connectivity index (χ0n) is 12.6. The molecule has 1 aliphatic heterocycles. The van der Waals surface area contributed by atoms with Crippen LogP contribution in [0.25, 0.3) is 5.69 Å². The molecule has 0 radical (unpaired) electrons. The third-order valence-electron chi connectivity index (χ3n) is 3.89. The number of nitrogens with zero attached hydrogens (tertiary/aromatic N) is 3. The average Bonchev–Trinajstić information content (AvgIpc) is 3.04. The lowest BCUT2D eigenvalue weighted by molar-refractivity contribution is 0.0702. The molecule has 1 saturated heterocycles. The van der Waals surface area contributed by atoms with Crippen LogP contribution in [0.2, 0.25) is 0 Å². The predicted molar refractivity (Wildman–Crippen MR) is 83.2 cm³/mol. The first kappa shape index (κ1) is 14.6. The van der Waals surface area contributed by atoms with Crippen molar-refractivity contribution in [3.05, 3.63) is 42.2 Å². The highest BCUT2D eigenvalue weighted by Gasteiger charge is 2.23. The summed E-state index contributed by atoms with van der Waals surface area (Å²) < 4.78 is 6.83. The quantitative estimate of drug-likeness (QED) is 0.931. The Morgan fingerprint density at radius 2 is 2.09 bits per heavy atom. The Kier molecular flexibility index (Phi) is 4.11. The Hall–Kier alpha value is -2.34. The van der Waals surface area contributed by atoms with Gasteiger partial charge in [0, 0.05) is 25.3 Å². The van der Waals surface area contributed by atoms with E-state index in [0.29, 0.717) is 12.2 Å². The minimum atomic E-state index is -0.0533. The summed E-state index contributed by atoms with van der Waals surface area (Å²) in [6.07, 6.45) is 3.72. The molecular weight excluding hydrogens is 280 g/mol. The van der Waals surface area contributed by atoms with Crippen molar-refractivity contribution in [1.29, 1.82) is 0 Å². The number of ether oxygens (including phenoxy) is 1. The summed E-state index contributed by atoms with van der Waals surface area (Å²) in [5, 5.41) is 4.38. The van der Waals surface area contributed by atoms with E-state index < -0.39 is 0 Å². The van der Waals surface area contributed by atoms with E-state index in [1.165, 1.54) is 0 Å². The van der Waals surface area contributed by atoms with Crippen LogP contribution in [0, 0.1) is 0 Å². The number of hydrogen-bond acceptors (Lipinski definition) is 4. The van der Waals surface area contributed by atoms with E-state index in [9.17, 15) is 4.79 Å². The predicted octanol–water partition coefficient (Wildman–Crippen LogP) is 1.44. The average molecular weight is 300 g/mol. The van der Waals surface area contributed by atoms with E-state index in [-0.39, 0.29) is 11.9 Å². The molecule has 1 aromatic carbocycles. The highest BCUT2D eigenvalue weighted by atomic mass is 16.5. The van der Waals surface area contributed by atoms with Crippen LogP contribution in [0.1, 0.15) is 23.3 Å². The van der Waals surface area contributed by atoms with E-state index >= 15 is 0 Å². The topological polar surface area (TPSA) is 73.4 Å². The van der Waals surface area contributed by atoms with Gasteiger partial charge in [-0.1, -0.05) is 0 Å². The number of methoxy groups -OCH3 is 1. The summed E-state index contributed by atoms with van der Waals surface area (Å²) in [6, 6.07) is 9.34. The molecule has 1 aromatic heterocycles. The van der Waals surface area contributed by atoms with Gasteiger partial charge in [0.05, 0.1) is 12.8 Å². The van der Waals surface area contributed by atoms with Gasteiger partial charge in [-0.3, -0.25) is 4.79 Å². The molecule has 3 rings (SSSR count). The van der Waals surface area contributed by atoms with Gasteiger partial charge >= 0.3 is 0 Å². The van der Waals surface area contributed by atoms with E-state index in [4.69, 9.17) is 10.5 Å². The van der Waals surface area contributed by atoms with Crippen LogP contribution in [-0.2, 0) is 0 Å². The van der Waals surface area contributed by atoms with Gasteiger partial charge in [0.15, 0.2) is 5.69 Å². The molecule has 0 saturated carbocycles. The normalized spacial score (nSPS) is 18.3. The number of carbonyl (C=O) groups excluding carboxylic acids is 1. The summed E-state index contributed by atoms with van der Waals surface area (Å²) in [4.78, 5) is 14.3. The largest absolute Gasteiger partial charge is 0.497 e. The summed E-state index contributed by atoms with van der Waals surface area (Å²) in [5.41, 5.74) is 7.27. The Morgan fingerprint density at radius 3 is 2.77 bits per heavy atom. The highest BCUT2D eigenvalue weighted by Crippen LogP contribution is 2.16. The molecule has 1 atom stereocenters. The first-order valence-corrected chi connectivity index (χ1v) is 7.42. The lowest BCUT2D eigenvalue weighted by atomic mass is 10.1. The van der Waals surface area contributed by atoms with Gasteiger partial charge in [-0.05, 0) is 43.2 Å². The molecule has 0 spiro atoms. The number of hydrogen-bond donors (Lipinski definition) is 1. The van der Waals surface area contributed by atoms with Crippen LogP contribution in [0.3, 0.4) is 0 Å². The lowest BCUT2D eigenvalue weighted by Gasteiger charge is -2.30. The lowest BCUT2D eigenvalue weighted by Crippen LogP contribution is -2.45. The molecule has 116 valence electrons. The maximum atomic E-state index is 12.5. The summed E-state index contributed by atoms with van der Waals surface area (Å²) in [5.74, 6) is 0.733. The molecule has 6 nitrogen and oxygen atoms in total. The number of amides is 1. The zero-order chi connectivity index (χ0) is 15.5. The van der Waals surface area contributed by atoms with Crippen molar-refractivity contribution in [3.63, 3.8) is 0 Å². The van der Waals surface area contributed by atoms with Crippen LogP contribution in [0.5, 0.6) is 5.75 Å². The van der Waals surface area contributed by atoms with Crippen molar-refractivity contribution < 1.29 is 9.53 Å². The molecule has 2 N–H and O–H groups in total. The molecule has 2 aromatic rings. The second kappa shape index (κ2) is 6.19. The van der Waals surface area contributed by atoms with Gasteiger partial charge in [0.2, 0.25) is 0 Å². The summed E-state index contributed by atoms with van der Waals surface area (Å²) >= 11 is 0. The third-order valence-corrected chi connectivity index (χ3v) is 3.89. The minimum Gasteiger partial charge on any atom is -0.497 e. The first-order chi connectivity index (χ1) is 10.7. The van der Waals surface area contributed by atoms with Crippen LogP contribution in [0.15, 0.2) is 36.5 Å². The maximum absolute atomic E-state index is 12.5. The van der Waals surface area contributed by atoms with Crippen LogP contribution < -0.4 is 10.5 Å². The van der Waals surface area contributed by atoms with Crippen LogP contribution >= 0.6 is 0 Å². The Morgan fingerprint density at radius 1 is 1.32 bits per heavy atom. The van der Waals surface area contributed by atoms with Gasteiger partial charge < -0.3 is 15.4 Å². The van der Waals surface area contributed by atoms with E-state index in [1.807, 2.05) is 24.3 Å². The highest BCUT2D eigenvalue weighted by molar-refractivity contribution is 5.92. The van der Waals surface area contributed by atoms with E-state index in [0.717, 1.165) is 30.8 Å². The number of nitrogens with two attached hydrogens (primary N) is 1. The molecule has 0 unspecified atom stereocenters. The molecule has 1 fully saturated rings. The zero-order valence-corrected chi connectivity index (χ0v) is 12.6. The molecular formula is C16H20N4O2. The summed E-state index contributed by atoms with van der Waals surface area (Å²) in [6.45, 7) is 1.36. The number of carbonyl (C=O) groups is 1. The first-order valence-electron chi connectivity index (χ1n) is 7.42. The maximum Gasteiger partial charge on any atom is 0.274 e. The van der Waals surface area contributed by atoms with Gasteiger partial charge in [-0.2, -0.15) is 5.10 Å². The number of aromatic nitrogens is 2. The third kappa shape index (κ3) is 2.96. The SMILES string of the molecule is COc1ccc(-n2ccc(C(=O)N3CCC[C@H](N)C3)n2)cc1. The van der Waals surface area contributed by atoms with Crippen LogP contribution in [-0.4, -0.2) is 46.8 Å². The number of piperidine rings is 1. The van der Waals surface area contributed by atoms with Gasteiger partial charge in [0.25, 0.3) is 5.91 Å². The van der Waals surface area contributed by atoms with Gasteiger partial charge in [-0.25, -0.2) is 4.68 Å². The van der Waals surface area contributed by atoms with E-state index in [2.05, 4.69) is 5.10 Å². The van der Waals surface area contributed by atoms with Crippen molar-refractivity contribution in [2.75, 3.05) is 20.2 Å². The molecule has 2 heterocycles. The fourth-order valence-corrected chi connectivity index (χ4v) is 2.67. The monoisotopic (exact) mass is 300 g/mol. The second-order valence-corrected chi connectivity index (χ2v) is 5.50. The van der Waals surface area contributed by atoms with Crippen molar-refractivity contribution in [1.82, 2.24) is 14.7 Å². The fraction of sp³-hybridized carbons (Fsp3) is 0.375.